The Morgan fingerprint density at radius 2 is 2.00 bits per heavy atom. The summed E-state index contributed by atoms with van der Waals surface area (Å²) in [6, 6.07) is 13.4. The summed E-state index contributed by atoms with van der Waals surface area (Å²) in [6.07, 6.45) is 0. The number of nitrogens with zero attached hydrogens (tertiary/aromatic N) is 1. The summed E-state index contributed by atoms with van der Waals surface area (Å²) in [5.74, 6) is -0.888. The van der Waals surface area contributed by atoms with Crippen molar-refractivity contribution >= 4 is 28.2 Å². The number of hydrogen-bond donors (Lipinski definition) is 1. The lowest BCUT2D eigenvalue weighted by Gasteiger charge is -2.04. The van der Waals surface area contributed by atoms with Crippen molar-refractivity contribution in [2.45, 2.75) is 6.92 Å². The molecule has 0 bridgehead atoms. The third-order valence-electron chi connectivity index (χ3n) is 2.94. The van der Waals surface area contributed by atoms with Crippen LogP contribution in [0.3, 0.4) is 0 Å². The largest absolute Gasteiger partial charge is 0.477 e. The van der Waals surface area contributed by atoms with Crippen LogP contribution in [-0.4, -0.2) is 16.1 Å². The molecule has 2 heterocycles. The third-order valence-corrected chi connectivity index (χ3v) is 4.05. The highest BCUT2D eigenvalue weighted by molar-refractivity contribution is 7.17. The molecule has 0 aliphatic carbocycles. The van der Waals surface area contributed by atoms with Gasteiger partial charge in [-0.3, -0.25) is 4.98 Å². The minimum absolute atomic E-state index is 0.347. The summed E-state index contributed by atoms with van der Waals surface area (Å²) in [6.45, 7) is 1.95. The van der Waals surface area contributed by atoms with Crippen LogP contribution in [0.5, 0.6) is 0 Å². The Labute approximate surface area is 114 Å². The number of carboxylic acid groups (broad SMARTS) is 1. The highest BCUT2D eigenvalue weighted by Gasteiger charge is 2.11. The molecule has 0 spiro atoms. The van der Waals surface area contributed by atoms with Crippen LogP contribution >= 0.6 is 11.3 Å². The van der Waals surface area contributed by atoms with Crippen LogP contribution in [0.15, 0.2) is 42.5 Å². The molecule has 4 heteroatoms. The average molecular weight is 269 g/mol. The fraction of sp³-hybridized carbons (Fsp3) is 0.0667. The molecule has 0 amide bonds. The summed E-state index contributed by atoms with van der Waals surface area (Å²) in [7, 11) is 0. The number of aromatic carboxylic acids is 1. The lowest BCUT2D eigenvalue weighted by molar-refractivity contribution is 0.0702. The number of thiophene rings is 1. The summed E-state index contributed by atoms with van der Waals surface area (Å²) in [5.41, 5.74) is 2.86. The van der Waals surface area contributed by atoms with E-state index in [1.54, 1.807) is 6.07 Å². The Morgan fingerprint density at radius 3 is 2.74 bits per heavy atom. The van der Waals surface area contributed by atoms with Gasteiger partial charge in [-0.2, -0.15) is 0 Å². The number of aromatic nitrogens is 1. The van der Waals surface area contributed by atoms with Crippen LogP contribution in [0.2, 0.25) is 0 Å². The van der Waals surface area contributed by atoms with Gasteiger partial charge in [0.15, 0.2) is 0 Å². The van der Waals surface area contributed by atoms with Gasteiger partial charge in [0.2, 0.25) is 0 Å². The van der Waals surface area contributed by atoms with Crippen LogP contribution in [0.1, 0.15) is 15.4 Å². The van der Waals surface area contributed by atoms with E-state index < -0.39 is 5.97 Å². The van der Waals surface area contributed by atoms with E-state index in [9.17, 15) is 4.79 Å². The highest BCUT2D eigenvalue weighted by atomic mass is 32.1. The molecule has 1 aromatic carbocycles. The lowest BCUT2D eigenvalue weighted by atomic mass is 10.1. The smallest absolute Gasteiger partial charge is 0.345 e. The van der Waals surface area contributed by atoms with Crippen molar-refractivity contribution in [3.05, 3.63) is 53.0 Å². The number of para-hydroxylation sites is 1. The first-order valence-corrected chi connectivity index (χ1v) is 6.67. The van der Waals surface area contributed by atoms with Gasteiger partial charge >= 0.3 is 5.97 Å². The van der Waals surface area contributed by atoms with Gasteiger partial charge in [-0.05, 0) is 25.1 Å². The Hall–Kier alpha value is -2.20. The molecule has 94 valence electrons. The molecule has 19 heavy (non-hydrogen) atoms. The van der Waals surface area contributed by atoms with E-state index in [2.05, 4.69) is 4.98 Å². The summed E-state index contributed by atoms with van der Waals surface area (Å²) >= 11 is 1.28. The molecule has 0 aliphatic rings. The van der Waals surface area contributed by atoms with Gasteiger partial charge in [0.1, 0.15) is 4.88 Å². The van der Waals surface area contributed by atoms with Crippen molar-refractivity contribution in [3.63, 3.8) is 0 Å². The van der Waals surface area contributed by atoms with Crippen molar-refractivity contribution in [1.29, 1.82) is 0 Å². The Morgan fingerprint density at radius 1 is 1.16 bits per heavy atom. The van der Waals surface area contributed by atoms with Crippen molar-refractivity contribution in [3.8, 4) is 10.4 Å². The van der Waals surface area contributed by atoms with E-state index >= 15 is 0 Å². The fourth-order valence-corrected chi connectivity index (χ4v) is 2.91. The monoisotopic (exact) mass is 269 g/mol. The number of hydrogen-bond acceptors (Lipinski definition) is 3. The number of carboxylic acids is 1. The molecule has 0 unspecified atom stereocenters. The quantitative estimate of drug-likeness (QED) is 0.765. The van der Waals surface area contributed by atoms with Crippen molar-refractivity contribution in [2.24, 2.45) is 0 Å². The third kappa shape index (κ3) is 2.11. The standard InChI is InChI=1S/C15H11NO2S/c1-9-5-6-10-3-2-4-11(14(10)16-9)12-7-8-13(19-12)15(17)18/h2-8H,1H3,(H,17,18). The molecule has 0 saturated heterocycles. The number of aryl methyl sites for hydroxylation is 1. The SMILES string of the molecule is Cc1ccc2cccc(-c3ccc(C(=O)O)s3)c2n1. The van der Waals surface area contributed by atoms with E-state index in [0.717, 1.165) is 27.0 Å². The first kappa shape index (κ1) is 11.9. The van der Waals surface area contributed by atoms with Crippen LogP contribution in [0, 0.1) is 6.92 Å². The van der Waals surface area contributed by atoms with Gasteiger partial charge in [-0.1, -0.05) is 24.3 Å². The predicted molar refractivity (Wildman–Crippen MR) is 76.8 cm³/mol. The van der Waals surface area contributed by atoms with Gasteiger partial charge in [0.05, 0.1) is 5.52 Å². The molecule has 1 N–H and O–H groups in total. The Kier molecular flexibility index (Phi) is 2.80. The number of benzene rings is 1. The molecule has 0 radical (unpaired) electrons. The van der Waals surface area contributed by atoms with E-state index in [4.69, 9.17) is 5.11 Å². The van der Waals surface area contributed by atoms with Gasteiger partial charge in [0.25, 0.3) is 0 Å². The molecule has 0 aliphatic heterocycles. The molecule has 3 aromatic rings. The van der Waals surface area contributed by atoms with Crippen molar-refractivity contribution < 1.29 is 9.90 Å². The maximum atomic E-state index is 11.0. The lowest BCUT2D eigenvalue weighted by Crippen LogP contribution is -1.89. The average Bonchev–Trinajstić information content (AvgIpc) is 2.87. The second-order valence-electron chi connectivity index (χ2n) is 4.30. The van der Waals surface area contributed by atoms with E-state index in [-0.39, 0.29) is 0 Å². The molecular weight excluding hydrogens is 258 g/mol. The van der Waals surface area contributed by atoms with Crippen LogP contribution in [0.25, 0.3) is 21.3 Å². The van der Waals surface area contributed by atoms with Gasteiger partial charge in [0, 0.05) is 21.5 Å². The first-order chi connectivity index (χ1) is 9.15. The molecule has 0 atom stereocenters. The maximum Gasteiger partial charge on any atom is 0.345 e. The second-order valence-corrected chi connectivity index (χ2v) is 5.38. The Bertz CT molecular complexity index is 777. The van der Waals surface area contributed by atoms with Gasteiger partial charge in [-0.25, -0.2) is 4.79 Å². The van der Waals surface area contributed by atoms with E-state index in [0.29, 0.717) is 4.88 Å². The van der Waals surface area contributed by atoms with Crippen molar-refractivity contribution in [1.82, 2.24) is 4.98 Å². The zero-order chi connectivity index (χ0) is 13.4. The normalized spacial score (nSPS) is 10.8. The molecule has 3 rings (SSSR count). The number of pyridine rings is 1. The highest BCUT2D eigenvalue weighted by Crippen LogP contribution is 2.32. The first-order valence-electron chi connectivity index (χ1n) is 5.85. The summed E-state index contributed by atoms with van der Waals surface area (Å²) in [5, 5.41) is 10.1. The zero-order valence-electron chi connectivity index (χ0n) is 10.3. The predicted octanol–water partition coefficient (Wildman–Crippen LogP) is 3.97. The van der Waals surface area contributed by atoms with Crippen LogP contribution in [-0.2, 0) is 0 Å². The number of fused-ring (bicyclic) bond motifs is 1. The molecular formula is C15H11NO2S. The second kappa shape index (κ2) is 4.48. The molecule has 0 saturated carbocycles. The Balaban J connectivity index is 2.23. The van der Waals surface area contributed by atoms with E-state index in [1.807, 2.05) is 43.3 Å². The summed E-state index contributed by atoms with van der Waals surface area (Å²) < 4.78 is 0. The minimum atomic E-state index is -0.888. The molecule has 0 fully saturated rings. The topological polar surface area (TPSA) is 50.2 Å². The van der Waals surface area contributed by atoms with E-state index in [1.165, 1.54) is 11.3 Å². The van der Waals surface area contributed by atoms with Crippen LogP contribution in [0.4, 0.5) is 0 Å². The molecule has 2 aromatic heterocycles. The maximum absolute atomic E-state index is 11.0. The van der Waals surface area contributed by atoms with Gasteiger partial charge in [-0.15, -0.1) is 11.3 Å². The molecule has 3 nitrogen and oxygen atoms in total. The fourth-order valence-electron chi connectivity index (χ4n) is 2.04. The summed E-state index contributed by atoms with van der Waals surface area (Å²) in [4.78, 5) is 16.8. The number of rotatable bonds is 2. The van der Waals surface area contributed by atoms with Gasteiger partial charge < -0.3 is 5.11 Å². The zero-order valence-corrected chi connectivity index (χ0v) is 11.1. The van der Waals surface area contributed by atoms with Crippen molar-refractivity contribution in [2.75, 3.05) is 0 Å². The minimum Gasteiger partial charge on any atom is -0.477 e. The van der Waals surface area contributed by atoms with Crippen LogP contribution < -0.4 is 0 Å². The number of carbonyl (C=O) groups is 1.